The molecule has 0 atom stereocenters. The topological polar surface area (TPSA) is 55.1 Å². The number of nitrogens with zero attached hydrogens (tertiary/aromatic N) is 1. The molecule has 138 valence electrons. The van der Waals surface area contributed by atoms with E-state index in [1.807, 2.05) is 80.6 Å². The van der Waals surface area contributed by atoms with Crippen molar-refractivity contribution >= 4 is 28.8 Å². The zero-order valence-corrected chi connectivity index (χ0v) is 15.8. The van der Waals surface area contributed by atoms with Gasteiger partial charge in [-0.1, -0.05) is 42.5 Å². The van der Waals surface area contributed by atoms with E-state index in [9.17, 15) is 4.79 Å². The molecule has 4 heteroatoms. The molecule has 4 rings (SSSR count). The molecule has 0 aliphatic heterocycles. The Balaban J connectivity index is 1.58. The minimum atomic E-state index is -0.183. The Hall–Kier alpha value is -3.66. The molecule has 0 bridgehead atoms. The van der Waals surface area contributed by atoms with Crippen LogP contribution in [0.1, 0.15) is 16.7 Å². The number of hydrogen-bond donors (Lipinski definition) is 1. The molecule has 0 aliphatic carbocycles. The van der Waals surface area contributed by atoms with Gasteiger partial charge in [0, 0.05) is 17.3 Å². The van der Waals surface area contributed by atoms with Gasteiger partial charge in [0.1, 0.15) is 5.52 Å². The molecular formula is C24H20N2O2. The average molecular weight is 368 g/mol. The minimum Gasteiger partial charge on any atom is -0.436 e. The van der Waals surface area contributed by atoms with Gasteiger partial charge in [-0.25, -0.2) is 4.98 Å². The van der Waals surface area contributed by atoms with Gasteiger partial charge >= 0.3 is 0 Å². The predicted octanol–water partition coefficient (Wildman–Crippen LogP) is 5.76. The maximum Gasteiger partial charge on any atom is 0.248 e. The van der Waals surface area contributed by atoms with E-state index in [0.717, 1.165) is 39.0 Å². The Morgan fingerprint density at radius 1 is 1.00 bits per heavy atom. The quantitative estimate of drug-likeness (QED) is 0.466. The Kier molecular flexibility index (Phi) is 4.77. The van der Waals surface area contributed by atoms with Crippen LogP contribution in [0.25, 0.3) is 28.6 Å². The molecule has 4 nitrogen and oxygen atoms in total. The molecule has 1 N–H and O–H groups in total. The summed E-state index contributed by atoms with van der Waals surface area (Å²) >= 11 is 0. The fourth-order valence-electron chi connectivity index (χ4n) is 2.96. The molecule has 0 radical (unpaired) electrons. The van der Waals surface area contributed by atoms with Crippen molar-refractivity contribution in [2.75, 3.05) is 5.32 Å². The van der Waals surface area contributed by atoms with Crippen molar-refractivity contribution in [2.45, 2.75) is 13.8 Å². The van der Waals surface area contributed by atoms with E-state index in [2.05, 4.69) is 10.3 Å². The van der Waals surface area contributed by atoms with Crippen LogP contribution >= 0.6 is 0 Å². The van der Waals surface area contributed by atoms with Gasteiger partial charge in [0.05, 0.1) is 0 Å². The van der Waals surface area contributed by atoms with Crippen LogP contribution in [0, 0.1) is 13.8 Å². The number of hydrogen-bond acceptors (Lipinski definition) is 3. The Labute approximate surface area is 163 Å². The van der Waals surface area contributed by atoms with Crippen LogP contribution in [0.3, 0.4) is 0 Å². The number of carbonyl (C=O) groups is 1. The largest absolute Gasteiger partial charge is 0.436 e. The maximum atomic E-state index is 12.3. The summed E-state index contributed by atoms with van der Waals surface area (Å²) < 4.78 is 5.90. The van der Waals surface area contributed by atoms with Gasteiger partial charge in [0.2, 0.25) is 11.8 Å². The van der Waals surface area contributed by atoms with Crippen LogP contribution in [0.5, 0.6) is 0 Å². The highest BCUT2D eigenvalue weighted by atomic mass is 16.3. The van der Waals surface area contributed by atoms with Crippen molar-refractivity contribution in [3.05, 3.63) is 89.5 Å². The number of nitrogens with one attached hydrogen (secondary N) is 1. The highest BCUT2D eigenvalue weighted by Crippen LogP contribution is 2.28. The number of aromatic nitrogens is 1. The standard InChI is InChI=1S/C24H20N2O2/c1-16-8-12-20-22(14-16)28-24(26-20)19-11-9-17(2)21(15-19)25-23(27)13-10-18-6-4-3-5-7-18/h3-15H,1-2H3,(H,25,27)/b13-10-. The van der Waals surface area contributed by atoms with Gasteiger partial charge in [-0.05, 0) is 60.9 Å². The number of anilines is 1. The second-order valence-electron chi connectivity index (χ2n) is 6.75. The van der Waals surface area contributed by atoms with Crippen LogP contribution in [-0.2, 0) is 4.79 Å². The second kappa shape index (κ2) is 7.53. The molecule has 1 aromatic heterocycles. The van der Waals surface area contributed by atoms with Gasteiger partial charge in [0.25, 0.3) is 0 Å². The van der Waals surface area contributed by atoms with Crippen LogP contribution in [0.15, 0.2) is 77.2 Å². The number of amides is 1. The Morgan fingerprint density at radius 3 is 2.64 bits per heavy atom. The van der Waals surface area contributed by atoms with E-state index in [1.54, 1.807) is 6.08 Å². The summed E-state index contributed by atoms with van der Waals surface area (Å²) in [7, 11) is 0. The molecule has 1 heterocycles. The number of carbonyl (C=O) groups excluding carboxylic acids is 1. The second-order valence-corrected chi connectivity index (χ2v) is 6.75. The van der Waals surface area contributed by atoms with Crippen molar-refractivity contribution in [1.82, 2.24) is 4.98 Å². The van der Waals surface area contributed by atoms with Gasteiger partial charge in [-0.15, -0.1) is 0 Å². The van der Waals surface area contributed by atoms with E-state index in [1.165, 1.54) is 6.08 Å². The first kappa shape index (κ1) is 17.7. The van der Waals surface area contributed by atoms with Gasteiger partial charge in [0.15, 0.2) is 5.58 Å². The summed E-state index contributed by atoms with van der Waals surface area (Å²) in [5.74, 6) is 0.355. The third-order valence-electron chi connectivity index (χ3n) is 4.51. The minimum absolute atomic E-state index is 0.183. The zero-order valence-electron chi connectivity index (χ0n) is 15.8. The molecule has 0 aliphatic rings. The molecule has 1 amide bonds. The van der Waals surface area contributed by atoms with Gasteiger partial charge < -0.3 is 9.73 Å². The van der Waals surface area contributed by atoms with Crippen LogP contribution in [0.2, 0.25) is 0 Å². The molecule has 4 aromatic rings. The van der Waals surface area contributed by atoms with E-state index < -0.39 is 0 Å². The molecule has 0 saturated heterocycles. The predicted molar refractivity (Wildman–Crippen MR) is 113 cm³/mol. The first-order valence-electron chi connectivity index (χ1n) is 9.11. The van der Waals surface area contributed by atoms with E-state index >= 15 is 0 Å². The Morgan fingerprint density at radius 2 is 1.82 bits per heavy atom. The highest BCUT2D eigenvalue weighted by Gasteiger charge is 2.11. The fourth-order valence-corrected chi connectivity index (χ4v) is 2.96. The van der Waals surface area contributed by atoms with Crippen molar-refractivity contribution < 1.29 is 9.21 Å². The monoisotopic (exact) mass is 368 g/mol. The lowest BCUT2D eigenvalue weighted by molar-refractivity contribution is -0.111. The SMILES string of the molecule is Cc1ccc2nc(-c3ccc(C)c(NC(=O)/C=C\c4ccccc4)c3)oc2c1. The maximum absolute atomic E-state index is 12.3. The molecule has 0 unspecified atom stereocenters. The number of fused-ring (bicyclic) bond motifs is 1. The lowest BCUT2D eigenvalue weighted by atomic mass is 10.1. The first-order chi connectivity index (χ1) is 13.6. The molecule has 0 spiro atoms. The van der Waals surface area contributed by atoms with Gasteiger partial charge in [-0.2, -0.15) is 0 Å². The number of aryl methyl sites for hydroxylation is 2. The van der Waals surface area contributed by atoms with E-state index in [4.69, 9.17) is 4.42 Å². The summed E-state index contributed by atoms with van der Waals surface area (Å²) in [5, 5.41) is 2.94. The smallest absolute Gasteiger partial charge is 0.248 e. The Bertz CT molecular complexity index is 1170. The summed E-state index contributed by atoms with van der Waals surface area (Å²) in [4.78, 5) is 16.9. The first-order valence-corrected chi connectivity index (χ1v) is 9.11. The molecule has 0 saturated carbocycles. The molecular weight excluding hydrogens is 348 g/mol. The third kappa shape index (κ3) is 3.86. The molecule has 3 aromatic carbocycles. The normalized spacial score (nSPS) is 11.2. The van der Waals surface area contributed by atoms with Crippen molar-refractivity contribution in [3.63, 3.8) is 0 Å². The van der Waals surface area contributed by atoms with Crippen LogP contribution < -0.4 is 5.32 Å². The zero-order chi connectivity index (χ0) is 19.5. The van der Waals surface area contributed by atoms with Crippen molar-refractivity contribution in [1.29, 1.82) is 0 Å². The number of benzene rings is 3. The number of rotatable bonds is 4. The number of oxazole rings is 1. The van der Waals surface area contributed by atoms with Crippen molar-refractivity contribution in [2.24, 2.45) is 0 Å². The molecule has 28 heavy (non-hydrogen) atoms. The summed E-state index contributed by atoms with van der Waals surface area (Å²) in [5.41, 5.74) is 6.20. The summed E-state index contributed by atoms with van der Waals surface area (Å²) in [6, 6.07) is 21.4. The summed E-state index contributed by atoms with van der Waals surface area (Å²) in [6.45, 7) is 3.97. The molecule has 0 fully saturated rings. The average Bonchev–Trinajstić information content (AvgIpc) is 3.12. The highest BCUT2D eigenvalue weighted by molar-refractivity contribution is 6.02. The lowest BCUT2D eigenvalue weighted by Gasteiger charge is -2.08. The van der Waals surface area contributed by atoms with Crippen molar-refractivity contribution in [3.8, 4) is 11.5 Å². The summed E-state index contributed by atoms with van der Waals surface area (Å²) in [6.07, 6.45) is 3.32. The van der Waals surface area contributed by atoms with Crippen LogP contribution in [-0.4, -0.2) is 10.9 Å². The third-order valence-corrected chi connectivity index (χ3v) is 4.51. The fraction of sp³-hybridized carbons (Fsp3) is 0.0833. The van der Waals surface area contributed by atoms with Gasteiger partial charge in [-0.3, -0.25) is 4.79 Å². The lowest BCUT2D eigenvalue weighted by Crippen LogP contribution is -2.09. The van der Waals surface area contributed by atoms with E-state index in [-0.39, 0.29) is 5.91 Å². The van der Waals surface area contributed by atoms with E-state index in [0.29, 0.717) is 5.89 Å². The van der Waals surface area contributed by atoms with Crippen LogP contribution in [0.4, 0.5) is 5.69 Å².